The Morgan fingerprint density at radius 2 is 1.59 bits per heavy atom. The third-order valence-corrected chi connectivity index (χ3v) is 5.53. The molecule has 3 aromatic rings. The Morgan fingerprint density at radius 3 is 2.17 bits per heavy atom. The number of H-pyrrole nitrogens is 1. The van der Waals surface area contributed by atoms with E-state index in [0.717, 1.165) is 35.4 Å². The summed E-state index contributed by atoms with van der Waals surface area (Å²) in [4.78, 5) is 30.4. The maximum atomic E-state index is 12.3. The van der Waals surface area contributed by atoms with E-state index in [1.165, 1.54) is 11.8 Å². The zero-order valence-electron chi connectivity index (χ0n) is 16.1. The van der Waals surface area contributed by atoms with E-state index < -0.39 is 5.97 Å². The zero-order valence-corrected chi connectivity index (χ0v) is 16.9. The molecule has 0 radical (unpaired) electrons. The molecule has 0 aliphatic heterocycles. The van der Waals surface area contributed by atoms with Crippen LogP contribution >= 0.6 is 11.8 Å². The van der Waals surface area contributed by atoms with Crippen LogP contribution in [0.4, 0.5) is 0 Å². The van der Waals surface area contributed by atoms with Gasteiger partial charge in [-0.25, -0.2) is 4.98 Å². The van der Waals surface area contributed by atoms with Gasteiger partial charge in [-0.05, 0) is 24.0 Å². The predicted molar refractivity (Wildman–Crippen MR) is 116 cm³/mol. The van der Waals surface area contributed by atoms with Crippen LogP contribution in [0.1, 0.15) is 48.4 Å². The Bertz CT molecular complexity index is 935. The molecule has 0 fully saturated rings. The second-order valence-corrected chi connectivity index (χ2v) is 7.87. The number of nitrogens with zero attached hydrogens (tertiary/aromatic N) is 1. The van der Waals surface area contributed by atoms with E-state index in [9.17, 15) is 9.59 Å². The third kappa shape index (κ3) is 6.32. The van der Waals surface area contributed by atoms with E-state index >= 15 is 0 Å². The molecule has 29 heavy (non-hydrogen) atoms. The van der Waals surface area contributed by atoms with Crippen LogP contribution in [-0.2, 0) is 4.79 Å². The van der Waals surface area contributed by atoms with Gasteiger partial charge in [-0.1, -0.05) is 78.8 Å². The molecule has 1 heterocycles. The largest absolute Gasteiger partial charge is 0.481 e. The third-order valence-electron chi connectivity index (χ3n) is 4.58. The summed E-state index contributed by atoms with van der Waals surface area (Å²) in [6, 6.07) is 21.7. The molecule has 0 aliphatic carbocycles. The first-order valence-corrected chi connectivity index (χ1v) is 10.7. The second kappa shape index (κ2) is 10.6. The highest BCUT2D eigenvalue weighted by molar-refractivity contribution is 7.99. The van der Waals surface area contributed by atoms with Gasteiger partial charge in [0, 0.05) is 18.2 Å². The first-order valence-electron chi connectivity index (χ1n) is 9.69. The van der Waals surface area contributed by atoms with Crippen molar-refractivity contribution in [2.24, 2.45) is 0 Å². The first kappa shape index (κ1) is 20.9. The Hall–Kier alpha value is -2.86. The number of carboxylic acid groups (broad SMARTS) is 1. The van der Waals surface area contributed by atoms with Crippen molar-refractivity contribution in [3.8, 4) is 0 Å². The van der Waals surface area contributed by atoms with E-state index in [0.29, 0.717) is 11.6 Å². The van der Waals surface area contributed by atoms with E-state index in [1.54, 1.807) is 6.07 Å². The normalized spacial score (nSPS) is 10.9. The highest BCUT2D eigenvalue weighted by atomic mass is 32.2. The number of hydrogen-bond acceptors (Lipinski definition) is 4. The summed E-state index contributed by atoms with van der Waals surface area (Å²) < 4.78 is 0. The molecular weight excluding hydrogens is 384 g/mol. The van der Waals surface area contributed by atoms with Gasteiger partial charge in [0.05, 0.1) is 11.6 Å². The minimum absolute atomic E-state index is 0.116. The van der Waals surface area contributed by atoms with E-state index in [-0.39, 0.29) is 17.9 Å². The fourth-order valence-corrected chi connectivity index (χ4v) is 4.10. The van der Waals surface area contributed by atoms with Crippen LogP contribution in [0.2, 0.25) is 0 Å². The number of thioether (sulfide) groups is 1. The van der Waals surface area contributed by atoms with Crippen LogP contribution in [0, 0.1) is 0 Å². The summed E-state index contributed by atoms with van der Waals surface area (Å²) in [5, 5.41) is 9.29. The number of carbonyl (C=O) groups is 1. The molecule has 2 aromatic carbocycles. The molecule has 2 N–H and O–H groups in total. The number of nitrogens with one attached hydrogen (secondary N) is 1. The zero-order chi connectivity index (χ0) is 20.5. The first-order chi connectivity index (χ1) is 14.1. The molecule has 0 aliphatic rings. The fraction of sp³-hybridized carbons (Fsp3) is 0.261. The highest BCUT2D eigenvalue weighted by Crippen LogP contribution is 2.30. The molecule has 0 spiro atoms. The summed E-state index contributed by atoms with van der Waals surface area (Å²) in [7, 11) is 0. The molecule has 1 aromatic heterocycles. The van der Waals surface area contributed by atoms with E-state index in [1.807, 2.05) is 36.4 Å². The topological polar surface area (TPSA) is 83.0 Å². The summed E-state index contributed by atoms with van der Waals surface area (Å²) in [5.41, 5.74) is 2.72. The molecule has 6 heteroatoms. The lowest BCUT2D eigenvalue weighted by atomic mass is 9.88. The average Bonchev–Trinajstić information content (AvgIpc) is 2.72. The molecular formula is C23H24N2O3S. The monoisotopic (exact) mass is 408 g/mol. The summed E-state index contributed by atoms with van der Waals surface area (Å²) >= 11 is 1.50. The standard InChI is InChI=1S/C23H24N2O3S/c26-20-16-19(24-23(25-20)29-15-9-3-8-14-21(27)28)22(17-10-4-1-5-11-17)18-12-6-2-7-13-18/h1-2,4-7,10-13,16,22H,3,8-9,14-15H2,(H,27,28)(H,24,25,26). The van der Waals surface area contributed by atoms with Gasteiger partial charge in [0.2, 0.25) is 0 Å². The summed E-state index contributed by atoms with van der Waals surface area (Å²) in [5.74, 6) is -0.0910. The molecule has 0 saturated carbocycles. The Labute approximate surface area is 174 Å². The molecule has 0 amide bonds. The van der Waals surface area contributed by atoms with Gasteiger partial charge in [-0.3, -0.25) is 9.59 Å². The van der Waals surface area contributed by atoms with Gasteiger partial charge in [-0.15, -0.1) is 0 Å². The van der Waals surface area contributed by atoms with Crippen LogP contribution in [0.5, 0.6) is 0 Å². The second-order valence-electron chi connectivity index (χ2n) is 6.78. The Kier molecular flexibility index (Phi) is 7.64. The minimum atomic E-state index is -0.760. The quantitative estimate of drug-likeness (QED) is 0.289. The van der Waals surface area contributed by atoms with E-state index in [4.69, 9.17) is 10.1 Å². The van der Waals surface area contributed by atoms with Crippen LogP contribution in [0.3, 0.4) is 0 Å². The van der Waals surface area contributed by atoms with Gasteiger partial charge in [0.25, 0.3) is 5.56 Å². The van der Waals surface area contributed by atoms with Crippen molar-refractivity contribution < 1.29 is 9.90 Å². The smallest absolute Gasteiger partial charge is 0.303 e. The number of rotatable bonds is 10. The molecule has 3 rings (SSSR count). The summed E-state index contributed by atoms with van der Waals surface area (Å²) in [6.45, 7) is 0. The molecule has 0 bridgehead atoms. The maximum absolute atomic E-state index is 12.3. The molecule has 0 saturated heterocycles. The van der Waals surface area contributed by atoms with Crippen LogP contribution < -0.4 is 5.56 Å². The van der Waals surface area contributed by atoms with Gasteiger partial charge in [0.1, 0.15) is 0 Å². The predicted octanol–water partition coefficient (Wildman–Crippen LogP) is 4.69. The number of unbranched alkanes of at least 4 members (excludes halogenated alkanes) is 2. The van der Waals surface area contributed by atoms with E-state index in [2.05, 4.69) is 29.2 Å². The lowest BCUT2D eigenvalue weighted by Crippen LogP contribution is -2.14. The number of benzene rings is 2. The maximum Gasteiger partial charge on any atom is 0.303 e. The molecule has 150 valence electrons. The van der Waals surface area contributed by atoms with Gasteiger partial charge < -0.3 is 10.1 Å². The Morgan fingerprint density at radius 1 is 0.966 bits per heavy atom. The number of carboxylic acids is 1. The molecule has 0 atom stereocenters. The van der Waals surface area contributed by atoms with Gasteiger partial charge >= 0.3 is 5.97 Å². The molecule has 0 unspecified atom stereocenters. The van der Waals surface area contributed by atoms with Crippen molar-refractivity contribution in [1.82, 2.24) is 9.97 Å². The van der Waals surface area contributed by atoms with Crippen molar-refractivity contribution >= 4 is 17.7 Å². The number of hydrogen-bond donors (Lipinski definition) is 2. The number of aromatic amines is 1. The van der Waals surface area contributed by atoms with Crippen molar-refractivity contribution in [1.29, 1.82) is 0 Å². The van der Waals surface area contributed by atoms with Gasteiger partial charge in [0.15, 0.2) is 5.16 Å². The fourth-order valence-electron chi connectivity index (χ4n) is 3.22. The number of aliphatic carboxylic acids is 1. The summed E-state index contributed by atoms with van der Waals surface area (Å²) in [6.07, 6.45) is 2.60. The van der Waals surface area contributed by atoms with Crippen molar-refractivity contribution in [2.45, 2.75) is 36.8 Å². The lowest BCUT2D eigenvalue weighted by Gasteiger charge is -2.18. The lowest BCUT2D eigenvalue weighted by molar-refractivity contribution is -0.137. The highest BCUT2D eigenvalue weighted by Gasteiger charge is 2.19. The van der Waals surface area contributed by atoms with Crippen molar-refractivity contribution in [2.75, 3.05) is 5.75 Å². The van der Waals surface area contributed by atoms with Crippen molar-refractivity contribution in [3.05, 3.63) is 93.9 Å². The average molecular weight is 409 g/mol. The SMILES string of the molecule is O=C(O)CCCCCSc1nc(C(c2ccccc2)c2ccccc2)cc(=O)[nH]1. The van der Waals surface area contributed by atoms with Crippen LogP contribution in [-0.4, -0.2) is 26.8 Å². The number of aromatic nitrogens is 2. The Balaban J connectivity index is 1.79. The van der Waals surface area contributed by atoms with Crippen LogP contribution in [0.25, 0.3) is 0 Å². The van der Waals surface area contributed by atoms with Crippen LogP contribution in [0.15, 0.2) is 76.7 Å². The van der Waals surface area contributed by atoms with Gasteiger partial charge in [-0.2, -0.15) is 0 Å². The van der Waals surface area contributed by atoms with Crippen molar-refractivity contribution in [3.63, 3.8) is 0 Å². The molecule has 5 nitrogen and oxygen atoms in total. The minimum Gasteiger partial charge on any atom is -0.481 e.